The van der Waals surface area contributed by atoms with E-state index >= 15 is 0 Å². The van der Waals surface area contributed by atoms with Gasteiger partial charge < -0.3 is 14.8 Å². The summed E-state index contributed by atoms with van der Waals surface area (Å²) >= 11 is 0. The van der Waals surface area contributed by atoms with Crippen LogP contribution in [0.3, 0.4) is 0 Å². The lowest BCUT2D eigenvalue weighted by Gasteiger charge is -2.40. The summed E-state index contributed by atoms with van der Waals surface area (Å²) in [6.45, 7) is 2.84. The quantitative estimate of drug-likeness (QED) is 0.881. The first-order chi connectivity index (χ1) is 12.5. The summed E-state index contributed by atoms with van der Waals surface area (Å²) in [5.41, 5.74) is -0.0345. The van der Waals surface area contributed by atoms with Crippen molar-refractivity contribution >= 4 is 11.8 Å². The molecule has 0 spiro atoms. The molecule has 0 saturated carbocycles. The number of amides is 2. The number of likely N-dealkylation sites (tertiary alicyclic amines) is 1. The van der Waals surface area contributed by atoms with E-state index in [-0.39, 0.29) is 23.4 Å². The van der Waals surface area contributed by atoms with Crippen LogP contribution in [-0.4, -0.2) is 44.3 Å². The average Bonchev–Trinajstić information content (AvgIpc) is 3.06. The van der Waals surface area contributed by atoms with Gasteiger partial charge in [-0.15, -0.1) is 0 Å². The lowest BCUT2D eigenvalue weighted by molar-refractivity contribution is -0.139. The van der Waals surface area contributed by atoms with E-state index in [0.717, 1.165) is 12.0 Å². The predicted molar refractivity (Wildman–Crippen MR) is 92.6 cm³/mol. The molecule has 1 fully saturated rings. The van der Waals surface area contributed by atoms with Crippen molar-refractivity contribution in [3.05, 3.63) is 48.1 Å². The fourth-order valence-corrected chi connectivity index (χ4v) is 3.50. The van der Waals surface area contributed by atoms with Crippen LogP contribution in [0.25, 0.3) is 0 Å². The van der Waals surface area contributed by atoms with E-state index in [1.807, 2.05) is 24.7 Å². The molecule has 2 amide bonds. The molecule has 1 N–H and O–H groups in total. The fourth-order valence-electron chi connectivity index (χ4n) is 3.50. The van der Waals surface area contributed by atoms with Gasteiger partial charge in [0.1, 0.15) is 5.82 Å². The molecule has 7 nitrogen and oxygen atoms in total. The minimum atomic E-state index is -0.653. The van der Waals surface area contributed by atoms with Gasteiger partial charge in [0.15, 0.2) is 5.82 Å². The minimum absolute atomic E-state index is 0.00241. The lowest BCUT2D eigenvalue weighted by atomic mass is 9.87. The minimum Gasteiger partial charge on any atom is -0.352 e. The van der Waals surface area contributed by atoms with Crippen LogP contribution in [0.1, 0.15) is 42.0 Å². The summed E-state index contributed by atoms with van der Waals surface area (Å²) in [5.74, 6) is -0.261. The highest BCUT2D eigenvalue weighted by atomic mass is 19.1. The number of nitrogens with zero attached hydrogens (tertiary/aromatic N) is 4. The fraction of sp³-hybridized carbons (Fsp3) is 0.444. The van der Waals surface area contributed by atoms with Crippen LogP contribution in [0, 0.1) is 11.7 Å². The van der Waals surface area contributed by atoms with Gasteiger partial charge in [0.25, 0.3) is 5.91 Å². The number of halogens is 1. The Hall–Kier alpha value is -2.77. The van der Waals surface area contributed by atoms with E-state index in [2.05, 4.69) is 15.3 Å². The smallest absolute Gasteiger partial charge is 0.254 e. The highest BCUT2D eigenvalue weighted by Gasteiger charge is 2.38. The number of carbonyl (C=O) groups is 2. The highest BCUT2D eigenvalue weighted by molar-refractivity contribution is 5.94. The summed E-state index contributed by atoms with van der Waals surface area (Å²) in [5, 5.41) is 2.80. The van der Waals surface area contributed by atoms with Crippen LogP contribution in [0.15, 0.2) is 30.9 Å². The molecule has 0 aromatic carbocycles. The Morgan fingerprint density at radius 1 is 1.42 bits per heavy atom. The molecule has 0 radical (unpaired) electrons. The molecule has 26 heavy (non-hydrogen) atoms. The summed E-state index contributed by atoms with van der Waals surface area (Å²) < 4.78 is 15.6. The van der Waals surface area contributed by atoms with Gasteiger partial charge in [0.2, 0.25) is 5.91 Å². The molecule has 2 atom stereocenters. The maximum absolute atomic E-state index is 13.7. The van der Waals surface area contributed by atoms with E-state index in [1.54, 1.807) is 11.1 Å². The van der Waals surface area contributed by atoms with Crippen molar-refractivity contribution in [2.24, 2.45) is 13.0 Å². The number of aromatic nitrogens is 3. The standard InChI is InChI=1S/C18H22FN5O2/c1-3-24-15(25)5-4-12(16(24)17-21-8-9-23(17)2)10-22-18(26)13-6-7-20-11-14(13)19/h6-9,11-12,16H,3-5,10H2,1-2H3,(H,22,26)/t12-,16+/m1/s1. The Bertz CT molecular complexity index is 806. The summed E-state index contributed by atoms with van der Waals surface area (Å²) in [6.07, 6.45) is 7.01. The van der Waals surface area contributed by atoms with Gasteiger partial charge in [-0.2, -0.15) is 0 Å². The topological polar surface area (TPSA) is 80.1 Å². The van der Waals surface area contributed by atoms with Gasteiger partial charge in [0.05, 0.1) is 17.8 Å². The zero-order valence-corrected chi connectivity index (χ0v) is 14.9. The zero-order valence-electron chi connectivity index (χ0n) is 14.9. The molecular weight excluding hydrogens is 337 g/mol. The van der Waals surface area contributed by atoms with Crippen molar-refractivity contribution in [3.8, 4) is 0 Å². The van der Waals surface area contributed by atoms with Gasteiger partial charge in [-0.25, -0.2) is 9.37 Å². The molecule has 3 heterocycles. The molecule has 1 aliphatic heterocycles. The molecule has 0 aliphatic carbocycles. The van der Waals surface area contributed by atoms with Crippen molar-refractivity contribution < 1.29 is 14.0 Å². The average molecular weight is 359 g/mol. The molecule has 3 rings (SSSR count). The lowest BCUT2D eigenvalue weighted by Crippen LogP contribution is -2.47. The maximum Gasteiger partial charge on any atom is 0.254 e. The van der Waals surface area contributed by atoms with E-state index in [9.17, 15) is 14.0 Å². The third-order valence-electron chi connectivity index (χ3n) is 4.84. The highest BCUT2D eigenvalue weighted by Crippen LogP contribution is 2.35. The Morgan fingerprint density at radius 2 is 2.23 bits per heavy atom. The van der Waals surface area contributed by atoms with Crippen LogP contribution in [0.5, 0.6) is 0 Å². The Morgan fingerprint density at radius 3 is 2.88 bits per heavy atom. The van der Waals surface area contributed by atoms with Crippen molar-refractivity contribution in [3.63, 3.8) is 0 Å². The van der Waals surface area contributed by atoms with E-state index in [4.69, 9.17) is 0 Å². The van der Waals surface area contributed by atoms with Gasteiger partial charge in [-0.05, 0) is 19.4 Å². The van der Waals surface area contributed by atoms with Crippen LogP contribution >= 0.6 is 0 Å². The number of carbonyl (C=O) groups excluding carboxylic acids is 2. The van der Waals surface area contributed by atoms with Crippen molar-refractivity contribution in [1.29, 1.82) is 0 Å². The first kappa shape index (κ1) is 18.0. The third kappa shape index (κ3) is 3.44. The number of rotatable bonds is 5. The van der Waals surface area contributed by atoms with Gasteiger partial charge in [0, 0.05) is 51.1 Å². The molecule has 1 saturated heterocycles. The first-order valence-corrected chi connectivity index (χ1v) is 8.67. The van der Waals surface area contributed by atoms with Crippen LogP contribution < -0.4 is 5.32 Å². The van der Waals surface area contributed by atoms with Crippen LogP contribution in [0.2, 0.25) is 0 Å². The van der Waals surface area contributed by atoms with Crippen LogP contribution in [0.4, 0.5) is 4.39 Å². The number of pyridine rings is 1. The maximum atomic E-state index is 13.7. The third-order valence-corrected chi connectivity index (χ3v) is 4.84. The van der Waals surface area contributed by atoms with Crippen molar-refractivity contribution in [1.82, 2.24) is 24.8 Å². The number of hydrogen-bond donors (Lipinski definition) is 1. The number of imidazole rings is 1. The van der Waals surface area contributed by atoms with E-state index in [1.165, 1.54) is 12.3 Å². The normalized spacial score (nSPS) is 20.3. The summed E-state index contributed by atoms with van der Waals surface area (Å²) in [4.78, 5) is 34.5. The molecule has 0 unspecified atom stereocenters. The van der Waals surface area contributed by atoms with Crippen molar-refractivity contribution in [2.75, 3.05) is 13.1 Å². The summed E-state index contributed by atoms with van der Waals surface area (Å²) in [6, 6.07) is 1.13. The zero-order chi connectivity index (χ0) is 18.7. The SMILES string of the molecule is CCN1C(=O)CC[C@H](CNC(=O)c2ccncc2F)[C@H]1c1nccn1C. The van der Waals surface area contributed by atoms with Crippen LogP contribution in [-0.2, 0) is 11.8 Å². The van der Waals surface area contributed by atoms with E-state index < -0.39 is 11.7 Å². The molecule has 2 aromatic rings. The second-order valence-electron chi connectivity index (χ2n) is 6.39. The molecular formula is C18H22FN5O2. The number of aryl methyl sites for hydroxylation is 1. The first-order valence-electron chi connectivity index (χ1n) is 8.67. The summed E-state index contributed by atoms with van der Waals surface area (Å²) in [7, 11) is 1.89. The number of hydrogen-bond acceptors (Lipinski definition) is 4. The van der Waals surface area contributed by atoms with E-state index in [0.29, 0.717) is 25.9 Å². The van der Waals surface area contributed by atoms with Crippen molar-refractivity contribution in [2.45, 2.75) is 25.8 Å². The van der Waals surface area contributed by atoms with Gasteiger partial charge in [-0.1, -0.05) is 0 Å². The molecule has 8 heteroatoms. The molecule has 2 aromatic heterocycles. The molecule has 0 bridgehead atoms. The Labute approximate surface area is 151 Å². The molecule has 1 aliphatic rings. The second kappa shape index (κ2) is 7.63. The van der Waals surface area contributed by atoms with Gasteiger partial charge >= 0.3 is 0 Å². The Balaban J connectivity index is 1.79. The largest absolute Gasteiger partial charge is 0.352 e. The monoisotopic (exact) mass is 359 g/mol. The number of piperidine rings is 1. The van der Waals surface area contributed by atoms with Gasteiger partial charge in [-0.3, -0.25) is 14.6 Å². The predicted octanol–water partition coefficient (Wildman–Crippen LogP) is 1.68. The number of nitrogens with one attached hydrogen (secondary N) is 1. The Kier molecular flexibility index (Phi) is 5.29. The molecule has 138 valence electrons. The second-order valence-corrected chi connectivity index (χ2v) is 6.39.